The van der Waals surface area contributed by atoms with Gasteiger partial charge >= 0.3 is 5.97 Å². The van der Waals surface area contributed by atoms with E-state index in [4.69, 9.17) is 9.47 Å². The number of esters is 1. The molecule has 0 saturated carbocycles. The zero-order valence-corrected chi connectivity index (χ0v) is 13.7. The molecule has 0 aliphatic rings. The highest BCUT2D eigenvalue weighted by molar-refractivity contribution is 6.42. The van der Waals surface area contributed by atoms with E-state index >= 15 is 0 Å². The molecular weight excluding hydrogens is 324 g/mol. The van der Waals surface area contributed by atoms with Gasteiger partial charge in [0.2, 0.25) is 0 Å². The summed E-state index contributed by atoms with van der Waals surface area (Å²) in [5.41, 5.74) is 1.36. The van der Waals surface area contributed by atoms with E-state index in [0.717, 1.165) is 0 Å². The van der Waals surface area contributed by atoms with Gasteiger partial charge in [-0.15, -0.1) is 0 Å². The number of carbonyl (C=O) groups is 1. The predicted octanol–water partition coefficient (Wildman–Crippen LogP) is 3.56. The summed E-state index contributed by atoms with van der Waals surface area (Å²) in [7, 11) is 2.83. The average molecular weight is 340 g/mol. The zero-order valence-electron chi connectivity index (χ0n) is 13.7. The molecule has 0 amide bonds. The van der Waals surface area contributed by atoms with Gasteiger partial charge < -0.3 is 9.47 Å². The van der Waals surface area contributed by atoms with Crippen LogP contribution in [0, 0.1) is 10.1 Å². The molecule has 0 fully saturated rings. The van der Waals surface area contributed by atoms with Gasteiger partial charge in [-0.1, -0.05) is 6.08 Å². The van der Waals surface area contributed by atoms with Crippen molar-refractivity contribution in [1.82, 2.24) is 0 Å². The van der Waals surface area contributed by atoms with Crippen LogP contribution < -0.4 is 4.74 Å². The first-order chi connectivity index (χ1) is 12.0. The van der Waals surface area contributed by atoms with Crippen LogP contribution >= 0.6 is 0 Å². The van der Waals surface area contributed by atoms with Crippen LogP contribution in [0.1, 0.15) is 5.56 Å². The molecule has 0 heterocycles. The quantitative estimate of drug-likeness (QED) is 0.347. The largest absolute Gasteiger partial charge is 0.497 e. The highest BCUT2D eigenvalue weighted by atomic mass is 16.6. The van der Waals surface area contributed by atoms with E-state index in [1.807, 2.05) is 0 Å². The lowest BCUT2D eigenvalue weighted by atomic mass is 10.1. The molecule has 0 bridgehead atoms. The Bertz CT molecular complexity index is 808. The Balaban J connectivity index is 2.25. The molecule has 7 nitrogen and oxygen atoms in total. The van der Waals surface area contributed by atoms with Crippen molar-refractivity contribution in [3.63, 3.8) is 0 Å². The Hall–Kier alpha value is -3.48. The van der Waals surface area contributed by atoms with Crippen LogP contribution in [0.5, 0.6) is 5.75 Å². The summed E-state index contributed by atoms with van der Waals surface area (Å²) in [5.74, 6) is 0.0916. The van der Waals surface area contributed by atoms with Gasteiger partial charge in [0.25, 0.3) is 5.69 Å². The predicted molar refractivity (Wildman–Crippen MR) is 94.2 cm³/mol. The fourth-order valence-corrected chi connectivity index (χ4v) is 1.93. The molecule has 0 N–H and O–H groups in total. The normalized spacial score (nSPS) is 11.4. The molecule has 0 atom stereocenters. The molecule has 2 rings (SSSR count). The minimum atomic E-state index is -0.589. The summed E-state index contributed by atoms with van der Waals surface area (Å²) >= 11 is 0. The highest BCUT2D eigenvalue weighted by Crippen LogP contribution is 2.18. The average Bonchev–Trinajstić information content (AvgIpc) is 2.65. The maximum atomic E-state index is 11.9. The van der Waals surface area contributed by atoms with Crippen molar-refractivity contribution in [3.8, 4) is 5.75 Å². The molecule has 0 spiro atoms. The number of carbonyl (C=O) groups excluding carboxylic acids is 1. The molecule has 0 aliphatic carbocycles. The second kappa shape index (κ2) is 8.39. The number of methoxy groups -OCH3 is 2. The van der Waals surface area contributed by atoms with Crippen molar-refractivity contribution in [1.29, 1.82) is 0 Å². The summed E-state index contributed by atoms with van der Waals surface area (Å²) in [6.07, 6.45) is 3.13. The van der Waals surface area contributed by atoms with Crippen molar-refractivity contribution >= 4 is 29.1 Å². The van der Waals surface area contributed by atoms with E-state index in [0.29, 0.717) is 17.0 Å². The summed E-state index contributed by atoms with van der Waals surface area (Å²) in [4.78, 5) is 26.3. The molecule has 0 radical (unpaired) electrons. The maximum Gasteiger partial charge on any atom is 0.356 e. The fourth-order valence-electron chi connectivity index (χ4n) is 1.93. The SMILES string of the molecule is COC(=O)C(/C=C/c1ccc([N+](=O)[O-])cc1)=Nc1ccc(OC)cc1. The van der Waals surface area contributed by atoms with Crippen LogP contribution in [0.15, 0.2) is 59.6 Å². The lowest BCUT2D eigenvalue weighted by Gasteiger charge is -2.02. The van der Waals surface area contributed by atoms with Gasteiger partial charge in [-0.05, 0) is 48.0 Å². The zero-order chi connectivity index (χ0) is 18.2. The van der Waals surface area contributed by atoms with Gasteiger partial charge in [0.05, 0.1) is 24.8 Å². The smallest absolute Gasteiger partial charge is 0.356 e. The topological polar surface area (TPSA) is 91.0 Å². The molecule has 2 aromatic rings. The fraction of sp³-hybridized carbons (Fsp3) is 0.111. The van der Waals surface area contributed by atoms with E-state index in [1.54, 1.807) is 49.6 Å². The second-order valence-electron chi connectivity index (χ2n) is 4.87. The number of nitrogens with zero attached hydrogens (tertiary/aromatic N) is 2. The van der Waals surface area contributed by atoms with Crippen molar-refractivity contribution in [2.75, 3.05) is 14.2 Å². The van der Waals surface area contributed by atoms with Crippen LogP contribution in [0.3, 0.4) is 0 Å². The summed E-state index contributed by atoms with van der Waals surface area (Å²) < 4.78 is 9.81. The van der Waals surface area contributed by atoms with Gasteiger partial charge in [0.15, 0.2) is 0 Å². The molecular formula is C18H16N2O5. The monoisotopic (exact) mass is 340 g/mol. The van der Waals surface area contributed by atoms with Crippen molar-refractivity contribution < 1.29 is 19.2 Å². The lowest BCUT2D eigenvalue weighted by molar-refractivity contribution is -0.384. The van der Waals surface area contributed by atoms with Crippen molar-refractivity contribution in [3.05, 3.63) is 70.3 Å². The van der Waals surface area contributed by atoms with Crippen LogP contribution in [0.2, 0.25) is 0 Å². The standard InChI is InChI=1S/C18H16N2O5/c1-24-16-10-6-14(7-11-16)19-17(18(21)25-2)12-5-13-3-8-15(9-4-13)20(22)23/h3-12H,1-2H3/b12-5+,19-17?. The lowest BCUT2D eigenvalue weighted by Crippen LogP contribution is -2.12. The first-order valence-electron chi connectivity index (χ1n) is 7.27. The van der Waals surface area contributed by atoms with Crippen LogP contribution in [-0.4, -0.2) is 30.8 Å². The van der Waals surface area contributed by atoms with E-state index in [9.17, 15) is 14.9 Å². The molecule has 0 saturated heterocycles. The van der Waals surface area contributed by atoms with E-state index in [-0.39, 0.29) is 11.4 Å². The first kappa shape index (κ1) is 17.9. The Morgan fingerprint density at radius 2 is 1.72 bits per heavy atom. The van der Waals surface area contributed by atoms with Gasteiger partial charge in [0.1, 0.15) is 11.5 Å². The number of nitro groups is 1. The summed E-state index contributed by atoms with van der Waals surface area (Å²) in [5, 5.41) is 10.7. The Kier molecular flexibility index (Phi) is 6.00. The van der Waals surface area contributed by atoms with E-state index in [2.05, 4.69) is 4.99 Å². The van der Waals surface area contributed by atoms with Crippen LogP contribution in [-0.2, 0) is 9.53 Å². The van der Waals surface area contributed by atoms with Gasteiger partial charge in [0, 0.05) is 12.1 Å². The number of rotatable bonds is 6. The van der Waals surface area contributed by atoms with Crippen LogP contribution in [0.25, 0.3) is 6.08 Å². The number of nitro benzene ring substituents is 1. The minimum absolute atomic E-state index is 0.00255. The molecule has 0 unspecified atom stereocenters. The highest BCUT2D eigenvalue weighted by Gasteiger charge is 2.09. The van der Waals surface area contributed by atoms with E-state index < -0.39 is 10.9 Å². The molecule has 2 aromatic carbocycles. The molecule has 7 heteroatoms. The number of hydrogen-bond acceptors (Lipinski definition) is 6. The molecule has 128 valence electrons. The van der Waals surface area contributed by atoms with Gasteiger partial charge in [-0.25, -0.2) is 9.79 Å². The van der Waals surface area contributed by atoms with Crippen molar-refractivity contribution in [2.45, 2.75) is 0 Å². The molecule has 25 heavy (non-hydrogen) atoms. The second-order valence-corrected chi connectivity index (χ2v) is 4.87. The van der Waals surface area contributed by atoms with Crippen LogP contribution in [0.4, 0.5) is 11.4 Å². The number of benzene rings is 2. The molecule has 0 aromatic heterocycles. The third kappa shape index (κ3) is 5.00. The Morgan fingerprint density at radius 1 is 1.08 bits per heavy atom. The number of hydrogen-bond donors (Lipinski definition) is 0. The summed E-state index contributed by atoms with van der Waals surface area (Å²) in [6, 6.07) is 12.8. The molecule has 0 aliphatic heterocycles. The van der Waals surface area contributed by atoms with Gasteiger partial charge in [-0.3, -0.25) is 10.1 Å². The number of aliphatic imine (C=N–C) groups is 1. The van der Waals surface area contributed by atoms with E-state index in [1.165, 1.54) is 25.3 Å². The Labute approximate surface area is 144 Å². The number of non-ortho nitro benzene ring substituents is 1. The van der Waals surface area contributed by atoms with Gasteiger partial charge in [-0.2, -0.15) is 0 Å². The maximum absolute atomic E-state index is 11.9. The third-order valence-electron chi connectivity index (χ3n) is 3.25. The minimum Gasteiger partial charge on any atom is -0.497 e. The number of ether oxygens (including phenoxy) is 2. The summed E-state index contributed by atoms with van der Waals surface area (Å²) in [6.45, 7) is 0. The third-order valence-corrected chi connectivity index (χ3v) is 3.25. The van der Waals surface area contributed by atoms with Crippen molar-refractivity contribution in [2.24, 2.45) is 4.99 Å². The Morgan fingerprint density at radius 3 is 2.24 bits per heavy atom. The first-order valence-corrected chi connectivity index (χ1v) is 7.27.